The normalized spacial score (nSPS) is 23.8. The Morgan fingerprint density at radius 1 is 0.960 bits per heavy atom. The Hall–Kier alpha value is -1.64. The summed E-state index contributed by atoms with van der Waals surface area (Å²) in [5.41, 5.74) is 4.43. The first kappa shape index (κ1) is 18.2. The second-order valence-corrected chi connectivity index (χ2v) is 7.72. The summed E-state index contributed by atoms with van der Waals surface area (Å²) >= 11 is 0. The zero-order valence-corrected chi connectivity index (χ0v) is 15.9. The van der Waals surface area contributed by atoms with Gasteiger partial charge in [0.25, 0.3) is 0 Å². The van der Waals surface area contributed by atoms with Crippen molar-refractivity contribution in [1.29, 1.82) is 0 Å². The van der Waals surface area contributed by atoms with Crippen LogP contribution in [0, 0.1) is 6.92 Å². The molecule has 0 bridgehead atoms. The average Bonchev–Trinajstić information content (AvgIpc) is 2.64. The molecule has 2 nitrogen and oxygen atoms in total. The number of aryl methyl sites for hydroxylation is 1. The van der Waals surface area contributed by atoms with Crippen molar-refractivity contribution >= 4 is 0 Å². The quantitative estimate of drug-likeness (QED) is 0.736. The van der Waals surface area contributed by atoms with Gasteiger partial charge in [0.15, 0.2) is 0 Å². The molecule has 2 aromatic rings. The van der Waals surface area contributed by atoms with Crippen molar-refractivity contribution in [2.45, 2.75) is 57.3 Å². The second kappa shape index (κ2) is 8.16. The van der Waals surface area contributed by atoms with Crippen LogP contribution >= 0.6 is 0 Å². The molecule has 0 aromatic heterocycles. The maximum absolute atomic E-state index is 6.20. The highest BCUT2D eigenvalue weighted by Gasteiger charge is 2.37. The molecular weight excluding hydrogens is 306 g/mol. The highest BCUT2D eigenvalue weighted by molar-refractivity contribution is 5.28. The molecule has 0 heterocycles. The molecule has 0 atom stereocenters. The topological polar surface area (TPSA) is 12.5 Å². The van der Waals surface area contributed by atoms with Crippen LogP contribution in [0.25, 0.3) is 0 Å². The summed E-state index contributed by atoms with van der Waals surface area (Å²) in [5, 5.41) is 0. The molecule has 25 heavy (non-hydrogen) atoms. The number of benzene rings is 2. The van der Waals surface area contributed by atoms with Gasteiger partial charge in [0.05, 0.1) is 12.7 Å². The van der Waals surface area contributed by atoms with Gasteiger partial charge in [-0.05, 0) is 69.8 Å². The smallest absolute Gasteiger partial charge is 0.0720 e. The molecule has 2 aromatic carbocycles. The van der Waals surface area contributed by atoms with E-state index in [0.717, 1.165) is 25.9 Å². The van der Waals surface area contributed by atoms with Crippen molar-refractivity contribution in [3.05, 3.63) is 71.3 Å². The fourth-order valence-electron chi connectivity index (χ4n) is 4.03. The highest BCUT2D eigenvalue weighted by atomic mass is 16.5. The van der Waals surface area contributed by atoms with Crippen LogP contribution in [0.5, 0.6) is 0 Å². The minimum Gasteiger partial charge on any atom is -0.374 e. The standard InChI is InChI=1S/C23H31NO/c1-19-9-7-8-12-21(19)17-23(24(2)3)15-13-22(14-16-23)25-18-20-10-5-4-6-11-20/h4-12,22H,13-18H2,1-3H3/t22-,23-. The number of hydrogen-bond donors (Lipinski definition) is 0. The maximum atomic E-state index is 6.20. The SMILES string of the molecule is Cc1ccccc1C[C@]1(N(C)C)CC[C@H](OCc2ccccc2)CC1. The van der Waals surface area contributed by atoms with Crippen LogP contribution in [0.4, 0.5) is 0 Å². The predicted molar refractivity (Wildman–Crippen MR) is 105 cm³/mol. The van der Waals surface area contributed by atoms with Gasteiger partial charge in [0.2, 0.25) is 0 Å². The van der Waals surface area contributed by atoms with E-state index < -0.39 is 0 Å². The third kappa shape index (κ3) is 4.50. The van der Waals surface area contributed by atoms with Crippen molar-refractivity contribution in [2.24, 2.45) is 0 Å². The summed E-state index contributed by atoms with van der Waals surface area (Å²) in [4.78, 5) is 2.45. The van der Waals surface area contributed by atoms with E-state index in [2.05, 4.69) is 80.5 Å². The summed E-state index contributed by atoms with van der Waals surface area (Å²) < 4.78 is 6.20. The second-order valence-electron chi connectivity index (χ2n) is 7.72. The molecule has 0 spiro atoms. The van der Waals surface area contributed by atoms with Gasteiger partial charge in [-0.1, -0.05) is 54.6 Å². The molecule has 1 aliphatic carbocycles. The molecule has 0 aliphatic heterocycles. The van der Waals surface area contributed by atoms with E-state index in [4.69, 9.17) is 4.74 Å². The maximum Gasteiger partial charge on any atom is 0.0720 e. The Kier molecular flexibility index (Phi) is 5.93. The minimum absolute atomic E-state index is 0.263. The van der Waals surface area contributed by atoms with Crippen molar-refractivity contribution in [2.75, 3.05) is 14.1 Å². The molecule has 1 aliphatic rings. The molecule has 0 radical (unpaired) electrons. The lowest BCUT2D eigenvalue weighted by Crippen LogP contribution is -2.49. The first-order chi connectivity index (χ1) is 12.1. The lowest BCUT2D eigenvalue weighted by atomic mass is 9.75. The molecule has 1 fully saturated rings. The van der Waals surface area contributed by atoms with E-state index in [1.54, 1.807) is 0 Å². The molecule has 1 saturated carbocycles. The van der Waals surface area contributed by atoms with Crippen LogP contribution < -0.4 is 0 Å². The number of rotatable bonds is 6. The molecular formula is C23H31NO. The largest absolute Gasteiger partial charge is 0.374 e. The number of hydrogen-bond acceptors (Lipinski definition) is 2. The summed E-state index contributed by atoms with van der Waals surface area (Å²) in [7, 11) is 4.48. The summed E-state index contributed by atoms with van der Waals surface area (Å²) in [6.45, 7) is 2.96. The van der Waals surface area contributed by atoms with Gasteiger partial charge in [-0.25, -0.2) is 0 Å². The van der Waals surface area contributed by atoms with Gasteiger partial charge in [-0.3, -0.25) is 0 Å². The zero-order chi connectivity index (χ0) is 17.7. The molecule has 3 rings (SSSR count). The van der Waals surface area contributed by atoms with E-state index in [-0.39, 0.29) is 5.54 Å². The fraction of sp³-hybridized carbons (Fsp3) is 0.478. The highest BCUT2D eigenvalue weighted by Crippen LogP contribution is 2.37. The van der Waals surface area contributed by atoms with Crippen LogP contribution in [0.1, 0.15) is 42.4 Å². The van der Waals surface area contributed by atoms with Crippen molar-refractivity contribution in [3.8, 4) is 0 Å². The van der Waals surface area contributed by atoms with Gasteiger partial charge >= 0.3 is 0 Å². The first-order valence-electron chi connectivity index (χ1n) is 9.46. The van der Waals surface area contributed by atoms with E-state index in [1.807, 2.05) is 0 Å². The monoisotopic (exact) mass is 337 g/mol. The summed E-state index contributed by atoms with van der Waals surface area (Å²) in [6, 6.07) is 19.3. The predicted octanol–water partition coefficient (Wildman–Crippen LogP) is 5.00. The molecule has 0 amide bonds. The fourth-order valence-corrected chi connectivity index (χ4v) is 4.03. The van der Waals surface area contributed by atoms with Crippen molar-refractivity contribution < 1.29 is 4.74 Å². The third-order valence-electron chi connectivity index (χ3n) is 5.92. The Morgan fingerprint density at radius 3 is 2.24 bits per heavy atom. The number of nitrogens with zero attached hydrogens (tertiary/aromatic N) is 1. The summed E-state index contributed by atoms with van der Waals surface area (Å²) in [6.07, 6.45) is 6.23. The Labute approximate surface area is 152 Å². The molecule has 0 N–H and O–H groups in total. The van der Waals surface area contributed by atoms with Gasteiger partial charge in [0, 0.05) is 5.54 Å². The molecule has 0 unspecified atom stereocenters. The lowest BCUT2D eigenvalue weighted by Gasteiger charge is -2.45. The van der Waals surface area contributed by atoms with Crippen LogP contribution in [0.3, 0.4) is 0 Å². The lowest BCUT2D eigenvalue weighted by molar-refractivity contribution is -0.0230. The van der Waals surface area contributed by atoms with Crippen LogP contribution in [0.2, 0.25) is 0 Å². The Balaban J connectivity index is 1.60. The summed E-state index contributed by atoms with van der Waals surface area (Å²) in [5.74, 6) is 0. The van der Waals surface area contributed by atoms with Crippen molar-refractivity contribution in [1.82, 2.24) is 4.90 Å². The Morgan fingerprint density at radius 2 is 1.60 bits per heavy atom. The number of likely N-dealkylation sites (N-methyl/N-ethyl adjacent to an activating group) is 1. The molecule has 2 heteroatoms. The van der Waals surface area contributed by atoms with Crippen molar-refractivity contribution in [3.63, 3.8) is 0 Å². The zero-order valence-electron chi connectivity index (χ0n) is 15.9. The first-order valence-corrected chi connectivity index (χ1v) is 9.46. The van der Waals surface area contributed by atoms with Gasteiger partial charge in [-0.15, -0.1) is 0 Å². The van der Waals surface area contributed by atoms with Crippen LogP contribution in [-0.2, 0) is 17.8 Å². The van der Waals surface area contributed by atoms with Crippen LogP contribution in [-0.4, -0.2) is 30.6 Å². The van der Waals surface area contributed by atoms with Crippen LogP contribution in [0.15, 0.2) is 54.6 Å². The molecule has 0 saturated heterocycles. The van der Waals surface area contributed by atoms with Gasteiger partial charge in [0.1, 0.15) is 0 Å². The average molecular weight is 338 g/mol. The van der Waals surface area contributed by atoms with Gasteiger partial charge < -0.3 is 9.64 Å². The van der Waals surface area contributed by atoms with Gasteiger partial charge in [-0.2, -0.15) is 0 Å². The van der Waals surface area contributed by atoms with E-state index in [1.165, 1.54) is 29.5 Å². The number of ether oxygens (including phenoxy) is 1. The molecule has 134 valence electrons. The third-order valence-corrected chi connectivity index (χ3v) is 5.92. The minimum atomic E-state index is 0.263. The van der Waals surface area contributed by atoms with E-state index in [0.29, 0.717) is 6.10 Å². The Bertz CT molecular complexity index is 657. The van der Waals surface area contributed by atoms with E-state index >= 15 is 0 Å². The van der Waals surface area contributed by atoms with E-state index in [9.17, 15) is 0 Å².